The third kappa shape index (κ3) is 2.99. The molecule has 0 spiro atoms. The molecular formula is C16H13NO. The molecule has 0 amide bonds. The van der Waals surface area contributed by atoms with Crippen molar-refractivity contribution in [3.63, 3.8) is 0 Å². The quantitative estimate of drug-likeness (QED) is 0.567. The van der Waals surface area contributed by atoms with Crippen molar-refractivity contribution in [2.45, 2.75) is 0 Å². The van der Waals surface area contributed by atoms with Crippen molar-refractivity contribution < 1.29 is 4.74 Å². The summed E-state index contributed by atoms with van der Waals surface area (Å²) in [6.07, 6.45) is 4.04. The van der Waals surface area contributed by atoms with Gasteiger partial charge in [0.2, 0.25) is 0 Å². The minimum atomic E-state index is 0.661. The molecule has 0 aromatic heterocycles. The Morgan fingerprint density at radius 1 is 1.00 bits per heavy atom. The van der Waals surface area contributed by atoms with Crippen molar-refractivity contribution in [2.24, 2.45) is 0 Å². The zero-order valence-corrected chi connectivity index (χ0v) is 10.1. The molecule has 88 valence electrons. The van der Waals surface area contributed by atoms with Gasteiger partial charge in [-0.3, -0.25) is 0 Å². The van der Waals surface area contributed by atoms with Gasteiger partial charge in [0.15, 0.2) is 5.69 Å². The van der Waals surface area contributed by atoms with Crippen LogP contribution in [0.15, 0.2) is 48.5 Å². The summed E-state index contributed by atoms with van der Waals surface area (Å²) < 4.78 is 5.17. The minimum Gasteiger partial charge on any atom is -0.497 e. The second-order valence-electron chi connectivity index (χ2n) is 3.81. The molecule has 0 saturated carbocycles. The van der Waals surface area contributed by atoms with Crippen molar-refractivity contribution in [3.05, 3.63) is 71.1 Å². The largest absolute Gasteiger partial charge is 0.497 e. The van der Waals surface area contributed by atoms with Gasteiger partial charge in [0, 0.05) is 0 Å². The number of ether oxygens (including phenoxy) is 1. The third-order valence-corrected chi connectivity index (χ3v) is 2.58. The zero-order chi connectivity index (χ0) is 12.8. The van der Waals surface area contributed by atoms with E-state index in [0.29, 0.717) is 5.69 Å². The molecule has 0 saturated heterocycles. The van der Waals surface area contributed by atoms with Crippen LogP contribution in [0.4, 0.5) is 5.69 Å². The van der Waals surface area contributed by atoms with Gasteiger partial charge in [0.05, 0.1) is 13.7 Å². The molecular weight excluding hydrogens is 222 g/mol. The Morgan fingerprint density at radius 2 is 1.72 bits per heavy atom. The lowest BCUT2D eigenvalue weighted by molar-refractivity contribution is 0.414. The zero-order valence-electron chi connectivity index (χ0n) is 10.1. The first-order chi connectivity index (χ1) is 8.81. The molecule has 2 rings (SSSR count). The first kappa shape index (κ1) is 11.9. The summed E-state index contributed by atoms with van der Waals surface area (Å²) in [6, 6.07) is 15.4. The second-order valence-corrected chi connectivity index (χ2v) is 3.81. The molecule has 0 heterocycles. The Morgan fingerprint density at radius 3 is 2.39 bits per heavy atom. The Hall–Kier alpha value is -2.53. The monoisotopic (exact) mass is 235 g/mol. The van der Waals surface area contributed by atoms with Crippen molar-refractivity contribution in [2.75, 3.05) is 7.11 Å². The third-order valence-electron chi connectivity index (χ3n) is 2.58. The maximum atomic E-state index is 6.89. The minimum absolute atomic E-state index is 0.661. The maximum Gasteiger partial charge on any atom is 0.187 e. The molecule has 0 aliphatic carbocycles. The van der Waals surface area contributed by atoms with E-state index in [0.717, 1.165) is 16.9 Å². The highest BCUT2D eigenvalue weighted by molar-refractivity contribution is 5.71. The van der Waals surface area contributed by atoms with E-state index in [1.807, 2.05) is 60.7 Å². The van der Waals surface area contributed by atoms with Gasteiger partial charge in [-0.15, -0.1) is 0 Å². The van der Waals surface area contributed by atoms with Crippen LogP contribution in [0.2, 0.25) is 0 Å². The predicted molar refractivity (Wildman–Crippen MR) is 74.6 cm³/mol. The summed E-state index contributed by atoms with van der Waals surface area (Å²) in [5.74, 6) is 0.848. The van der Waals surface area contributed by atoms with Crippen LogP contribution in [-0.2, 0) is 0 Å². The van der Waals surface area contributed by atoms with E-state index in [9.17, 15) is 0 Å². The Balaban J connectivity index is 2.16. The van der Waals surface area contributed by atoms with E-state index in [2.05, 4.69) is 4.85 Å². The van der Waals surface area contributed by atoms with E-state index >= 15 is 0 Å². The topological polar surface area (TPSA) is 13.6 Å². The average molecular weight is 235 g/mol. The molecule has 2 heteroatoms. The maximum absolute atomic E-state index is 6.89. The van der Waals surface area contributed by atoms with Crippen LogP contribution >= 0.6 is 0 Å². The molecule has 2 aromatic carbocycles. The van der Waals surface area contributed by atoms with Gasteiger partial charge in [-0.2, -0.15) is 0 Å². The number of hydrogen-bond acceptors (Lipinski definition) is 1. The van der Waals surface area contributed by atoms with Gasteiger partial charge in [0.1, 0.15) is 5.75 Å². The lowest BCUT2D eigenvalue weighted by atomic mass is 10.1. The lowest BCUT2D eigenvalue weighted by Gasteiger charge is -2.00. The number of nitrogens with zero attached hydrogens (tertiary/aromatic N) is 1. The van der Waals surface area contributed by atoms with Gasteiger partial charge in [-0.25, -0.2) is 4.85 Å². The Labute approximate surface area is 107 Å². The predicted octanol–water partition coefficient (Wildman–Crippen LogP) is 4.42. The number of benzene rings is 2. The van der Waals surface area contributed by atoms with Crippen LogP contribution < -0.4 is 4.74 Å². The normalized spacial score (nSPS) is 10.2. The summed E-state index contributed by atoms with van der Waals surface area (Å²) in [5, 5.41) is 0. The van der Waals surface area contributed by atoms with E-state index in [1.54, 1.807) is 7.11 Å². The first-order valence-corrected chi connectivity index (χ1v) is 5.61. The van der Waals surface area contributed by atoms with Gasteiger partial charge >= 0.3 is 0 Å². The molecule has 0 bridgehead atoms. The smallest absolute Gasteiger partial charge is 0.187 e. The lowest BCUT2D eigenvalue weighted by Crippen LogP contribution is -1.82. The van der Waals surface area contributed by atoms with Crippen molar-refractivity contribution in [1.29, 1.82) is 0 Å². The first-order valence-electron chi connectivity index (χ1n) is 5.61. The summed E-state index contributed by atoms with van der Waals surface area (Å²) in [7, 11) is 1.66. The van der Waals surface area contributed by atoms with Crippen LogP contribution in [-0.4, -0.2) is 7.11 Å². The van der Waals surface area contributed by atoms with E-state index < -0.39 is 0 Å². The fourth-order valence-electron chi connectivity index (χ4n) is 1.60. The van der Waals surface area contributed by atoms with Gasteiger partial charge in [-0.1, -0.05) is 48.6 Å². The second kappa shape index (κ2) is 5.70. The fraction of sp³-hybridized carbons (Fsp3) is 0.0625. The van der Waals surface area contributed by atoms with Crippen LogP contribution in [0, 0.1) is 6.57 Å². The fourth-order valence-corrected chi connectivity index (χ4v) is 1.60. The average Bonchev–Trinajstić information content (AvgIpc) is 2.46. The van der Waals surface area contributed by atoms with Gasteiger partial charge < -0.3 is 4.74 Å². The van der Waals surface area contributed by atoms with Crippen molar-refractivity contribution >= 4 is 17.8 Å². The molecule has 2 aromatic rings. The highest BCUT2D eigenvalue weighted by Gasteiger charge is 1.92. The van der Waals surface area contributed by atoms with E-state index in [-0.39, 0.29) is 0 Å². The van der Waals surface area contributed by atoms with Crippen molar-refractivity contribution in [3.8, 4) is 5.75 Å². The van der Waals surface area contributed by atoms with Crippen molar-refractivity contribution in [1.82, 2.24) is 0 Å². The summed E-state index contributed by atoms with van der Waals surface area (Å²) in [6.45, 7) is 6.89. The Bertz CT molecular complexity index is 591. The molecule has 2 nitrogen and oxygen atoms in total. The summed E-state index contributed by atoms with van der Waals surface area (Å²) >= 11 is 0. The standard InChI is InChI=1S/C16H13NO/c1-17-15-10-8-13(9-11-15)6-7-14-4-3-5-16(12-14)18-2/h3-12H,2H3/b7-6+. The summed E-state index contributed by atoms with van der Waals surface area (Å²) in [5.41, 5.74) is 2.82. The highest BCUT2D eigenvalue weighted by Crippen LogP contribution is 2.17. The molecule has 0 aliphatic rings. The molecule has 0 atom stereocenters. The molecule has 18 heavy (non-hydrogen) atoms. The Kier molecular flexibility index (Phi) is 3.78. The van der Waals surface area contributed by atoms with E-state index in [1.165, 1.54) is 0 Å². The van der Waals surface area contributed by atoms with E-state index in [4.69, 9.17) is 11.3 Å². The molecule has 0 N–H and O–H groups in total. The number of hydrogen-bond donors (Lipinski definition) is 0. The highest BCUT2D eigenvalue weighted by atomic mass is 16.5. The number of rotatable bonds is 3. The molecule has 0 aliphatic heterocycles. The van der Waals surface area contributed by atoms with Crippen LogP contribution in [0.25, 0.3) is 17.0 Å². The summed E-state index contributed by atoms with van der Waals surface area (Å²) in [4.78, 5) is 3.36. The van der Waals surface area contributed by atoms with Gasteiger partial charge in [0.25, 0.3) is 0 Å². The number of methoxy groups -OCH3 is 1. The van der Waals surface area contributed by atoms with Crippen LogP contribution in [0.3, 0.4) is 0 Å². The van der Waals surface area contributed by atoms with Crippen LogP contribution in [0.1, 0.15) is 11.1 Å². The SMILES string of the molecule is [C-]#[N+]c1ccc(/C=C/c2cccc(OC)c2)cc1. The molecule has 0 unspecified atom stereocenters. The van der Waals surface area contributed by atoms with Crippen LogP contribution in [0.5, 0.6) is 5.75 Å². The molecule has 0 fully saturated rings. The van der Waals surface area contributed by atoms with Gasteiger partial charge in [-0.05, 0) is 23.3 Å². The molecule has 0 radical (unpaired) electrons.